The smallest absolute Gasteiger partial charge is 0 e. The molecule has 0 aliphatic carbocycles. The van der Waals surface area contributed by atoms with Gasteiger partial charge >= 0.3 is 0 Å². The fourth-order valence-electron chi connectivity index (χ4n) is 0. The average Bonchev–Trinajstić information content (AvgIpc) is 0.918. The maximum absolute atomic E-state index is 3.38. The van der Waals surface area contributed by atoms with Crippen molar-refractivity contribution < 1.29 is 89.3 Å². The van der Waals surface area contributed by atoms with Crippen LogP contribution in [0.25, 0.3) is 0 Å². The molecule has 0 fully saturated rings. The van der Waals surface area contributed by atoms with Gasteiger partial charge in [-0.25, -0.2) is 0 Å². The Balaban J connectivity index is -0.0000000200. The van der Waals surface area contributed by atoms with Gasteiger partial charge in [0.2, 0.25) is 0 Å². The summed E-state index contributed by atoms with van der Waals surface area (Å²) in [6.07, 6.45) is 0.750. The molecule has 0 aromatic heterocycles. The summed E-state index contributed by atoms with van der Waals surface area (Å²) in [5.74, 6) is 0. The van der Waals surface area contributed by atoms with Gasteiger partial charge in [0.25, 0.3) is 0 Å². The van der Waals surface area contributed by atoms with E-state index >= 15 is 0 Å². The summed E-state index contributed by atoms with van der Waals surface area (Å²) in [7, 11) is 0. The molecule has 0 aliphatic rings. The summed E-state index contributed by atoms with van der Waals surface area (Å²) in [6, 6.07) is 0. The van der Waals surface area contributed by atoms with Crippen LogP contribution in [-0.4, -0.2) is 0 Å². The second-order valence-corrected chi connectivity index (χ2v) is 0.354. The molecule has 1 radical (unpaired) electrons. The first-order valence-electron chi connectivity index (χ1n) is 1.000. The summed E-state index contributed by atoms with van der Waals surface area (Å²) < 4.78 is 0. The Labute approximate surface area is 107 Å². The van der Waals surface area contributed by atoms with Crippen LogP contribution in [0.2, 0.25) is 0 Å². The van der Waals surface area contributed by atoms with Crippen molar-refractivity contribution in [3.63, 3.8) is 0 Å². The van der Waals surface area contributed by atoms with E-state index in [1.165, 1.54) is 0 Å². The molecule has 5 heavy (non-hydrogen) atoms. The van der Waals surface area contributed by atoms with Crippen LogP contribution in [0.15, 0.2) is 0 Å². The van der Waals surface area contributed by atoms with Gasteiger partial charge in [-0.15, -0.1) is 0 Å². The predicted molar refractivity (Wildman–Crippen MR) is 15.3 cm³/mol. The minimum atomic E-state index is 0. The molecular formula is C3H6EuGd-2. The Morgan fingerprint density at radius 3 is 1.20 bits per heavy atom. The molecule has 0 saturated heterocycles. The van der Waals surface area contributed by atoms with Crippen LogP contribution in [0.1, 0.15) is 6.42 Å². The van der Waals surface area contributed by atoms with Crippen molar-refractivity contribution in [2.45, 2.75) is 6.42 Å². The van der Waals surface area contributed by atoms with E-state index in [-0.39, 0.29) is 89.3 Å². The topological polar surface area (TPSA) is 0 Å². The predicted octanol–water partition coefficient (Wildman–Crippen LogP) is 1.04. The fourth-order valence-corrected chi connectivity index (χ4v) is 0. The third-order valence-electron chi connectivity index (χ3n) is 0. The SMILES string of the molecule is [CH2-]C[CH2-].[Eu].[Gd]. The van der Waals surface area contributed by atoms with E-state index in [1.807, 2.05) is 0 Å². The van der Waals surface area contributed by atoms with Crippen LogP contribution in [-0.2, 0) is 0 Å². The van der Waals surface area contributed by atoms with Crippen molar-refractivity contribution in [2.24, 2.45) is 0 Å². The van der Waals surface area contributed by atoms with Crippen LogP contribution in [0, 0.1) is 103 Å². The van der Waals surface area contributed by atoms with Crippen LogP contribution in [0.3, 0.4) is 0 Å². The molecule has 0 aromatic rings. The molecule has 0 saturated carbocycles. The summed E-state index contributed by atoms with van der Waals surface area (Å²) in [4.78, 5) is 0. The van der Waals surface area contributed by atoms with Gasteiger partial charge < -0.3 is 20.3 Å². The Morgan fingerprint density at radius 2 is 1.20 bits per heavy atom. The first kappa shape index (κ1) is 15.7. The molecule has 0 bridgehead atoms. The van der Waals surface area contributed by atoms with Crippen LogP contribution in [0.4, 0.5) is 0 Å². The van der Waals surface area contributed by atoms with E-state index in [0.717, 1.165) is 6.42 Å². The van der Waals surface area contributed by atoms with E-state index in [9.17, 15) is 0 Å². The minimum absolute atomic E-state index is 0. The molecule has 0 aromatic carbocycles. The van der Waals surface area contributed by atoms with Gasteiger partial charge in [0.15, 0.2) is 0 Å². The Morgan fingerprint density at radius 1 is 1.20 bits per heavy atom. The molecule has 0 rings (SSSR count). The minimum Gasteiger partial charge on any atom is -0.372 e. The van der Waals surface area contributed by atoms with E-state index in [2.05, 4.69) is 13.8 Å². The van der Waals surface area contributed by atoms with Crippen LogP contribution >= 0.6 is 0 Å². The monoisotopic (exact) mass is 353 g/mol. The molecule has 35 valence electrons. The quantitative estimate of drug-likeness (QED) is 0.573. The standard InChI is InChI=1S/C3H6.Eu.Gd/c1-3-2;;/h1-3H2;;/q-2;;. The van der Waals surface area contributed by atoms with Gasteiger partial charge in [-0.1, -0.05) is 0 Å². The molecule has 2 heteroatoms. The van der Waals surface area contributed by atoms with Gasteiger partial charge in [-0.3, -0.25) is 0 Å². The van der Waals surface area contributed by atoms with Gasteiger partial charge in [0.1, 0.15) is 0 Å². The van der Waals surface area contributed by atoms with E-state index in [0.29, 0.717) is 0 Å². The maximum Gasteiger partial charge on any atom is 0 e. The first-order valence-corrected chi connectivity index (χ1v) is 1.000. The first-order chi connectivity index (χ1) is 1.41. The van der Waals surface area contributed by atoms with Crippen molar-refractivity contribution in [1.29, 1.82) is 0 Å². The largest absolute Gasteiger partial charge is 0.372 e. The zero-order chi connectivity index (χ0) is 2.71. The van der Waals surface area contributed by atoms with Crippen molar-refractivity contribution >= 4 is 0 Å². The zero-order valence-corrected chi connectivity index (χ0v) is 7.55. The molecule has 0 amide bonds. The molecular weight excluding hydrogens is 345 g/mol. The summed E-state index contributed by atoms with van der Waals surface area (Å²) >= 11 is 0. The summed E-state index contributed by atoms with van der Waals surface area (Å²) in [5, 5.41) is 0. The van der Waals surface area contributed by atoms with Crippen molar-refractivity contribution in [3.05, 3.63) is 13.8 Å². The van der Waals surface area contributed by atoms with Gasteiger partial charge in [0, 0.05) is 89.3 Å². The zero-order valence-electron chi connectivity index (χ0n) is 2.85. The number of rotatable bonds is 0. The maximum atomic E-state index is 3.38. The molecule has 0 heterocycles. The third-order valence-corrected chi connectivity index (χ3v) is 0. The fraction of sp³-hybridized carbons (Fsp3) is 0.333. The second kappa shape index (κ2) is 15.8. The van der Waals surface area contributed by atoms with Crippen molar-refractivity contribution in [3.8, 4) is 0 Å². The van der Waals surface area contributed by atoms with Crippen LogP contribution in [0.5, 0.6) is 0 Å². The normalized spacial score (nSPS) is 3.60. The van der Waals surface area contributed by atoms with E-state index in [1.54, 1.807) is 0 Å². The van der Waals surface area contributed by atoms with E-state index in [4.69, 9.17) is 0 Å². The number of hydrogen-bond donors (Lipinski definition) is 0. The second-order valence-electron chi connectivity index (χ2n) is 0.354. The average molecular weight is 351 g/mol. The Hall–Kier alpha value is 2.91. The van der Waals surface area contributed by atoms with E-state index < -0.39 is 0 Å². The summed E-state index contributed by atoms with van der Waals surface area (Å²) in [5.41, 5.74) is 0. The van der Waals surface area contributed by atoms with Gasteiger partial charge in [-0.2, -0.15) is 0 Å². The Bertz CT molecular complexity index is 6.85. The number of hydrogen-bond acceptors (Lipinski definition) is 0. The molecule has 0 N–H and O–H groups in total. The van der Waals surface area contributed by atoms with Gasteiger partial charge in [-0.05, 0) is 0 Å². The van der Waals surface area contributed by atoms with Crippen molar-refractivity contribution in [2.75, 3.05) is 0 Å². The Kier molecular flexibility index (Phi) is 49.5. The molecule has 0 nitrogen and oxygen atoms in total. The summed E-state index contributed by atoms with van der Waals surface area (Å²) in [6.45, 7) is 6.75. The third kappa shape index (κ3) is 19.7. The molecule has 0 unspecified atom stereocenters. The molecule has 0 aliphatic heterocycles. The molecule has 0 spiro atoms. The van der Waals surface area contributed by atoms with Gasteiger partial charge in [0.05, 0.1) is 0 Å². The molecule has 0 atom stereocenters. The van der Waals surface area contributed by atoms with Crippen LogP contribution < -0.4 is 0 Å². The van der Waals surface area contributed by atoms with Crippen molar-refractivity contribution in [1.82, 2.24) is 0 Å².